The lowest BCUT2D eigenvalue weighted by molar-refractivity contribution is -0.384. The van der Waals surface area contributed by atoms with Crippen LogP contribution in [0.15, 0.2) is 12.1 Å². The monoisotopic (exact) mass is 233 g/mol. The molecule has 0 aliphatic carbocycles. The summed E-state index contributed by atoms with van der Waals surface area (Å²) < 4.78 is 0. The number of halogens is 2. The molecule has 0 radical (unpaired) electrons. The van der Waals surface area contributed by atoms with Gasteiger partial charge >= 0.3 is 0 Å². The summed E-state index contributed by atoms with van der Waals surface area (Å²) in [5.74, 6) is -0.299. The molecule has 0 atom stereocenters. The van der Waals surface area contributed by atoms with Crippen molar-refractivity contribution in [3.8, 4) is 0 Å². The highest BCUT2D eigenvalue weighted by atomic mass is 35.5. The lowest BCUT2D eigenvalue weighted by Gasteiger charge is -2.00. The van der Waals surface area contributed by atoms with Crippen molar-refractivity contribution in [1.29, 1.82) is 0 Å². The lowest BCUT2D eigenvalue weighted by atomic mass is 10.1. The maximum atomic E-state index is 11.0. The van der Waals surface area contributed by atoms with Crippen LogP contribution in [0.5, 0.6) is 0 Å². The first-order valence-electron chi connectivity index (χ1n) is 3.58. The van der Waals surface area contributed by atoms with Gasteiger partial charge in [0, 0.05) is 11.6 Å². The second-order valence-corrected chi connectivity index (χ2v) is 3.39. The van der Waals surface area contributed by atoms with Gasteiger partial charge in [0.25, 0.3) is 5.69 Å². The van der Waals surface area contributed by atoms with E-state index in [1.807, 2.05) is 0 Å². The van der Waals surface area contributed by atoms with E-state index in [0.717, 1.165) is 6.07 Å². The number of nitro benzene ring substituents is 1. The van der Waals surface area contributed by atoms with Crippen LogP contribution >= 0.6 is 23.2 Å². The molecule has 1 aromatic carbocycles. The number of nitrogens with zero attached hydrogens (tertiary/aromatic N) is 1. The average molecular weight is 234 g/mol. The molecule has 0 unspecified atom stereocenters. The molecule has 4 nitrogen and oxygen atoms in total. The van der Waals surface area contributed by atoms with Gasteiger partial charge < -0.3 is 0 Å². The van der Waals surface area contributed by atoms with Gasteiger partial charge in [-0.25, -0.2) is 0 Å². The van der Waals surface area contributed by atoms with Crippen LogP contribution in [0.1, 0.15) is 17.3 Å². The van der Waals surface area contributed by atoms with Crippen LogP contribution in [0.25, 0.3) is 0 Å². The second kappa shape index (κ2) is 3.94. The fourth-order valence-electron chi connectivity index (χ4n) is 0.911. The summed E-state index contributed by atoms with van der Waals surface area (Å²) in [4.78, 5) is 20.8. The number of ketones is 1. The first-order valence-corrected chi connectivity index (χ1v) is 4.33. The maximum Gasteiger partial charge on any atom is 0.290 e. The molecule has 74 valence electrons. The Morgan fingerprint density at radius 1 is 1.43 bits per heavy atom. The molecule has 1 rings (SSSR count). The molecule has 14 heavy (non-hydrogen) atoms. The van der Waals surface area contributed by atoms with Crippen LogP contribution < -0.4 is 0 Å². The molecule has 0 N–H and O–H groups in total. The highest BCUT2D eigenvalue weighted by molar-refractivity contribution is 6.43. The minimum absolute atomic E-state index is 0.00562. The second-order valence-electron chi connectivity index (χ2n) is 2.60. The number of benzene rings is 1. The van der Waals surface area contributed by atoms with E-state index in [1.165, 1.54) is 13.0 Å². The summed E-state index contributed by atoms with van der Waals surface area (Å²) in [7, 11) is 0. The number of rotatable bonds is 2. The normalized spacial score (nSPS) is 9.93. The van der Waals surface area contributed by atoms with E-state index in [9.17, 15) is 14.9 Å². The number of carbonyl (C=O) groups excluding carboxylic acids is 1. The molecule has 0 bridgehead atoms. The average Bonchev–Trinajstić information content (AvgIpc) is 2.08. The number of carbonyl (C=O) groups is 1. The van der Waals surface area contributed by atoms with Crippen LogP contribution in [0, 0.1) is 10.1 Å². The van der Waals surface area contributed by atoms with Gasteiger partial charge in [0.1, 0.15) is 5.02 Å². The zero-order valence-electron chi connectivity index (χ0n) is 7.08. The van der Waals surface area contributed by atoms with Crippen LogP contribution in [-0.4, -0.2) is 10.7 Å². The topological polar surface area (TPSA) is 60.2 Å². The Balaban J connectivity index is 3.43. The van der Waals surface area contributed by atoms with Gasteiger partial charge in [-0.1, -0.05) is 23.2 Å². The molecule has 0 aromatic heterocycles. The quantitative estimate of drug-likeness (QED) is 0.448. The molecular formula is C8H5Cl2NO3. The van der Waals surface area contributed by atoms with Gasteiger partial charge in [0.05, 0.1) is 9.95 Å². The Kier molecular flexibility index (Phi) is 3.08. The van der Waals surface area contributed by atoms with Crippen molar-refractivity contribution in [2.75, 3.05) is 0 Å². The van der Waals surface area contributed by atoms with E-state index in [2.05, 4.69) is 0 Å². The molecule has 0 fully saturated rings. The third-order valence-corrected chi connectivity index (χ3v) is 2.40. The fraction of sp³-hybridized carbons (Fsp3) is 0.125. The van der Waals surface area contributed by atoms with Gasteiger partial charge in [-0.15, -0.1) is 0 Å². The molecule has 0 saturated carbocycles. The van der Waals surface area contributed by atoms with Crippen molar-refractivity contribution in [1.82, 2.24) is 0 Å². The Labute approximate surface area is 89.6 Å². The minimum Gasteiger partial charge on any atom is -0.295 e. The van der Waals surface area contributed by atoms with Crippen molar-refractivity contribution >= 4 is 34.7 Å². The Bertz CT molecular complexity index is 417. The Morgan fingerprint density at radius 2 is 2.00 bits per heavy atom. The third kappa shape index (κ3) is 2.02. The number of nitro groups is 1. The molecule has 0 heterocycles. The first-order chi connectivity index (χ1) is 6.43. The molecule has 0 amide bonds. The van der Waals surface area contributed by atoms with Crippen molar-refractivity contribution in [2.45, 2.75) is 6.92 Å². The van der Waals surface area contributed by atoms with E-state index in [4.69, 9.17) is 23.2 Å². The van der Waals surface area contributed by atoms with E-state index in [-0.39, 0.29) is 27.1 Å². The lowest BCUT2D eigenvalue weighted by Crippen LogP contribution is -1.96. The molecule has 6 heteroatoms. The highest BCUT2D eigenvalue weighted by Crippen LogP contribution is 2.33. The van der Waals surface area contributed by atoms with Crippen LogP contribution in [-0.2, 0) is 0 Å². The maximum absolute atomic E-state index is 11.0. The van der Waals surface area contributed by atoms with Crippen LogP contribution in [0.3, 0.4) is 0 Å². The zero-order chi connectivity index (χ0) is 10.9. The summed E-state index contributed by atoms with van der Waals surface area (Å²) in [6, 6.07) is 2.41. The molecule has 0 spiro atoms. The standard InChI is InChI=1S/C8H5Cl2NO3/c1-4(12)5-2-6(9)8(10)7(3-5)11(13)14/h2-3H,1H3. The van der Waals surface area contributed by atoms with E-state index in [1.54, 1.807) is 0 Å². The fourth-order valence-corrected chi connectivity index (χ4v) is 1.30. The predicted octanol–water partition coefficient (Wildman–Crippen LogP) is 3.10. The third-order valence-electron chi connectivity index (χ3n) is 1.61. The van der Waals surface area contributed by atoms with Gasteiger partial charge in [-0.2, -0.15) is 0 Å². The van der Waals surface area contributed by atoms with Gasteiger partial charge in [0.15, 0.2) is 5.78 Å². The molecule has 0 aliphatic rings. The van der Waals surface area contributed by atoms with Crippen LogP contribution in [0.2, 0.25) is 10.0 Å². The van der Waals surface area contributed by atoms with E-state index in [0.29, 0.717) is 0 Å². The minimum atomic E-state index is -0.680. The number of hydrogen-bond donors (Lipinski definition) is 0. The van der Waals surface area contributed by atoms with Gasteiger partial charge in [-0.05, 0) is 13.0 Å². The molecule has 0 saturated heterocycles. The largest absolute Gasteiger partial charge is 0.295 e. The SMILES string of the molecule is CC(=O)c1cc(Cl)c(Cl)c([N+](=O)[O-])c1. The first kappa shape index (κ1) is 10.9. The summed E-state index contributed by atoms with van der Waals surface area (Å²) in [5, 5.41) is 10.4. The molecular weight excluding hydrogens is 229 g/mol. The van der Waals surface area contributed by atoms with Crippen molar-refractivity contribution < 1.29 is 9.72 Å². The predicted molar refractivity (Wildman–Crippen MR) is 53.1 cm³/mol. The van der Waals surface area contributed by atoms with Crippen molar-refractivity contribution in [2.24, 2.45) is 0 Å². The molecule has 0 aliphatic heterocycles. The van der Waals surface area contributed by atoms with Gasteiger partial charge in [0.2, 0.25) is 0 Å². The smallest absolute Gasteiger partial charge is 0.290 e. The summed E-state index contributed by atoms with van der Waals surface area (Å²) in [5.41, 5.74) is -0.185. The highest BCUT2D eigenvalue weighted by Gasteiger charge is 2.18. The van der Waals surface area contributed by atoms with Gasteiger partial charge in [-0.3, -0.25) is 14.9 Å². The van der Waals surface area contributed by atoms with E-state index < -0.39 is 4.92 Å². The summed E-state index contributed by atoms with van der Waals surface area (Å²) >= 11 is 11.2. The zero-order valence-corrected chi connectivity index (χ0v) is 8.59. The van der Waals surface area contributed by atoms with E-state index >= 15 is 0 Å². The van der Waals surface area contributed by atoms with Crippen molar-refractivity contribution in [3.05, 3.63) is 37.9 Å². The van der Waals surface area contributed by atoms with Crippen molar-refractivity contribution in [3.63, 3.8) is 0 Å². The molecule has 1 aromatic rings. The number of Topliss-reactive ketones (excluding diaryl/α,β-unsaturated/α-hetero) is 1. The summed E-state index contributed by atoms with van der Waals surface area (Å²) in [6.07, 6.45) is 0. The summed E-state index contributed by atoms with van der Waals surface area (Å²) in [6.45, 7) is 1.29. The Hall–Kier alpha value is -1.13. The van der Waals surface area contributed by atoms with Crippen LogP contribution in [0.4, 0.5) is 5.69 Å². The Morgan fingerprint density at radius 3 is 2.43 bits per heavy atom. The number of hydrogen-bond acceptors (Lipinski definition) is 3.